The molecule has 2 fully saturated rings. The zero-order chi connectivity index (χ0) is 13.8. The van der Waals surface area contributed by atoms with Gasteiger partial charge in [0.1, 0.15) is 0 Å². The molecule has 0 aromatic heterocycles. The van der Waals surface area contributed by atoms with E-state index in [1.54, 1.807) is 0 Å². The highest BCUT2D eigenvalue weighted by Gasteiger charge is 2.33. The fourth-order valence-corrected chi connectivity index (χ4v) is 3.06. The number of hydrogen-bond donors (Lipinski definition) is 1. The van der Waals surface area contributed by atoms with Crippen molar-refractivity contribution in [1.29, 1.82) is 0 Å². The largest absolute Gasteiger partial charge is 0.376 e. The summed E-state index contributed by atoms with van der Waals surface area (Å²) in [6.45, 7) is 1.51. The number of rotatable bonds is 6. The van der Waals surface area contributed by atoms with Crippen molar-refractivity contribution in [3.05, 3.63) is 35.9 Å². The SMILES string of the molecule is O=C(CC(c1ccccc1)C1CC1)NCC1CCCO1. The Hall–Kier alpha value is -1.35. The van der Waals surface area contributed by atoms with Crippen LogP contribution in [-0.4, -0.2) is 25.2 Å². The van der Waals surface area contributed by atoms with Gasteiger partial charge in [-0.05, 0) is 43.1 Å². The van der Waals surface area contributed by atoms with E-state index in [-0.39, 0.29) is 12.0 Å². The minimum atomic E-state index is 0.168. The van der Waals surface area contributed by atoms with Gasteiger partial charge in [0.25, 0.3) is 0 Å². The first kappa shape index (κ1) is 13.6. The second-order valence-corrected chi connectivity index (χ2v) is 6.00. The number of carbonyl (C=O) groups is 1. The second-order valence-electron chi connectivity index (χ2n) is 6.00. The molecule has 3 heteroatoms. The van der Waals surface area contributed by atoms with Crippen LogP contribution in [-0.2, 0) is 9.53 Å². The normalized spacial score (nSPS) is 23.5. The quantitative estimate of drug-likeness (QED) is 0.865. The van der Waals surface area contributed by atoms with E-state index in [0.717, 1.165) is 19.4 Å². The standard InChI is InChI=1S/C17H23NO2/c19-17(18-12-15-7-4-10-20-15)11-16(14-8-9-14)13-5-2-1-3-6-13/h1-3,5-6,14-16H,4,7-12H2,(H,18,19). The van der Waals surface area contributed by atoms with Crippen molar-refractivity contribution in [3.8, 4) is 0 Å². The maximum Gasteiger partial charge on any atom is 0.220 e. The van der Waals surface area contributed by atoms with E-state index in [4.69, 9.17) is 4.74 Å². The van der Waals surface area contributed by atoms with E-state index in [1.165, 1.54) is 18.4 Å². The van der Waals surface area contributed by atoms with Crippen molar-refractivity contribution in [3.63, 3.8) is 0 Å². The Morgan fingerprint density at radius 2 is 2.05 bits per heavy atom. The lowest BCUT2D eigenvalue weighted by molar-refractivity contribution is -0.122. The lowest BCUT2D eigenvalue weighted by atomic mass is 9.91. The van der Waals surface area contributed by atoms with Gasteiger partial charge >= 0.3 is 0 Å². The summed E-state index contributed by atoms with van der Waals surface area (Å²) in [5, 5.41) is 3.04. The molecule has 1 saturated carbocycles. The molecular weight excluding hydrogens is 250 g/mol. The van der Waals surface area contributed by atoms with Crippen molar-refractivity contribution < 1.29 is 9.53 Å². The first-order valence-electron chi connectivity index (χ1n) is 7.76. The van der Waals surface area contributed by atoms with E-state index in [0.29, 0.717) is 24.8 Å². The maximum absolute atomic E-state index is 12.1. The van der Waals surface area contributed by atoms with Gasteiger partial charge in [-0.2, -0.15) is 0 Å². The Kier molecular flexibility index (Phi) is 4.36. The number of nitrogens with one attached hydrogen (secondary N) is 1. The summed E-state index contributed by atoms with van der Waals surface area (Å²) in [4.78, 5) is 12.1. The number of hydrogen-bond acceptors (Lipinski definition) is 2. The summed E-state index contributed by atoms with van der Waals surface area (Å²) >= 11 is 0. The minimum Gasteiger partial charge on any atom is -0.376 e. The van der Waals surface area contributed by atoms with Crippen LogP contribution >= 0.6 is 0 Å². The smallest absolute Gasteiger partial charge is 0.220 e. The number of carbonyl (C=O) groups excluding carboxylic acids is 1. The molecule has 108 valence electrons. The summed E-state index contributed by atoms with van der Waals surface area (Å²) in [6, 6.07) is 10.5. The Bertz CT molecular complexity index is 436. The number of benzene rings is 1. The van der Waals surface area contributed by atoms with Crippen molar-refractivity contribution in [2.75, 3.05) is 13.2 Å². The molecule has 20 heavy (non-hydrogen) atoms. The molecule has 1 aromatic rings. The van der Waals surface area contributed by atoms with Crippen LogP contribution in [0.1, 0.15) is 43.6 Å². The van der Waals surface area contributed by atoms with E-state index < -0.39 is 0 Å². The van der Waals surface area contributed by atoms with Crippen molar-refractivity contribution in [1.82, 2.24) is 5.32 Å². The molecule has 1 aliphatic heterocycles. The molecule has 3 nitrogen and oxygen atoms in total. The van der Waals surface area contributed by atoms with Gasteiger partial charge < -0.3 is 10.1 Å². The third-order valence-electron chi connectivity index (χ3n) is 4.37. The number of amides is 1. The van der Waals surface area contributed by atoms with E-state index >= 15 is 0 Å². The Balaban J connectivity index is 1.52. The molecule has 1 saturated heterocycles. The fourth-order valence-electron chi connectivity index (χ4n) is 3.06. The number of ether oxygens (including phenoxy) is 1. The van der Waals surface area contributed by atoms with Gasteiger partial charge in [-0.25, -0.2) is 0 Å². The summed E-state index contributed by atoms with van der Waals surface area (Å²) in [6.07, 6.45) is 5.56. The Labute approximate surface area is 120 Å². The lowest BCUT2D eigenvalue weighted by Gasteiger charge is -2.17. The van der Waals surface area contributed by atoms with E-state index in [2.05, 4.69) is 29.6 Å². The van der Waals surface area contributed by atoms with Gasteiger partial charge in [-0.3, -0.25) is 4.79 Å². The summed E-state index contributed by atoms with van der Waals surface area (Å²) in [7, 11) is 0. The van der Waals surface area contributed by atoms with Crippen molar-refractivity contribution in [2.24, 2.45) is 5.92 Å². The zero-order valence-corrected chi connectivity index (χ0v) is 11.9. The third kappa shape index (κ3) is 3.60. The predicted molar refractivity (Wildman–Crippen MR) is 78.5 cm³/mol. The molecule has 2 atom stereocenters. The van der Waals surface area contributed by atoms with Crippen LogP contribution in [0.3, 0.4) is 0 Å². The highest BCUT2D eigenvalue weighted by atomic mass is 16.5. The second kappa shape index (κ2) is 6.40. The molecular formula is C17H23NO2. The molecule has 2 unspecified atom stereocenters. The van der Waals surface area contributed by atoms with Gasteiger partial charge in [-0.1, -0.05) is 30.3 Å². The van der Waals surface area contributed by atoms with Crippen LogP contribution in [0.25, 0.3) is 0 Å². The van der Waals surface area contributed by atoms with Crippen LogP contribution in [0.5, 0.6) is 0 Å². The van der Waals surface area contributed by atoms with Crippen LogP contribution in [0, 0.1) is 5.92 Å². The third-order valence-corrected chi connectivity index (χ3v) is 4.37. The molecule has 0 spiro atoms. The zero-order valence-electron chi connectivity index (χ0n) is 11.9. The van der Waals surface area contributed by atoms with Gasteiger partial charge in [0.15, 0.2) is 0 Å². The minimum absolute atomic E-state index is 0.168. The van der Waals surface area contributed by atoms with Crippen molar-refractivity contribution >= 4 is 5.91 Å². The molecule has 1 amide bonds. The molecule has 0 bridgehead atoms. The summed E-state index contributed by atoms with van der Waals surface area (Å²) < 4.78 is 5.54. The molecule has 1 heterocycles. The monoisotopic (exact) mass is 273 g/mol. The molecule has 1 aromatic carbocycles. The fraction of sp³-hybridized carbons (Fsp3) is 0.588. The summed E-state index contributed by atoms with van der Waals surface area (Å²) in [5.74, 6) is 1.26. The first-order valence-corrected chi connectivity index (χ1v) is 7.76. The average Bonchev–Trinajstić information content (AvgIpc) is 3.19. The Morgan fingerprint density at radius 3 is 2.70 bits per heavy atom. The first-order chi connectivity index (χ1) is 9.83. The lowest BCUT2D eigenvalue weighted by Crippen LogP contribution is -2.32. The van der Waals surface area contributed by atoms with Crippen LogP contribution in [0.15, 0.2) is 30.3 Å². The van der Waals surface area contributed by atoms with Crippen LogP contribution < -0.4 is 5.32 Å². The Morgan fingerprint density at radius 1 is 1.25 bits per heavy atom. The van der Waals surface area contributed by atoms with Gasteiger partial charge in [0.2, 0.25) is 5.91 Å². The summed E-state index contributed by atoms with van der Waals surface area (Å²) in [5.41, 5.74) is 1.31. The average molecular weight is 273 g/mol. The van der Waals surface area contributed by atoms with Crippen molar-refractivity contribution in [2.45, 2.75) is 44.1 Å². The maximum atomic E-state index is 12.1. The van der Waals surface area contributed by atoms with E-state index in [9.17, 15) is 4.79 Å². The van der Waals surface area contributed by atoms with Gasteiger partial charge in [0.05, 0.1) is 6.10 Å². The molecule has 1 N–H and O–H groups in total. The highest BCUT2D eigenvalue weighted by molar-refractivity contribution is 5.77. The highest BCUT2D eigenvalue weighted by Crippen LogP contribution is 2.44. The van der Waals surface area contributed by atoms with Gasteiger partial charge in [-0.15, -0.1) is 0 Å². The van der Waals surface area contributed by atoms with Crippen LogP contribution in [0.2, 0.25) is 0 Å². The molecule has 0 radical (unpaired) electrons. The topological polar surface area (TPSA) is 38.3 Å². The van der Waals surface area contributed by atoms with Crippen LogP contribution in [0.4, 0.5) is 0 Å². The van der Waals surface area contributed by atoms with Gasteiger partial charge in [0, 0.05) is 19.6 Å². The molecule has 2 aliphatic rings. The predicted octanol–water partition coefficient (Wildman–Crippen LogP) is 2.87. The molecule has 3 rings (SSSR count). The molecule has 1 aliphatic carbocycles. The van der Waals surface area contributed by atoms with E-state index in [1.807, 2.05) is 6.07 Å².